The van der Waals surface area contributed by atoms with Crippen molar-refractivity contribution in [2.75, 3.05) is 31.9 Å². The molecular weight excluding hydrogens is 290 g/mol. The first-order valence-electron chi connectivity index (χ1n) is 8.25. The van der Waals surface area contributed by atoms with Gasteiger partial charge in [0, 0.05) is 0 Å². The molecule has 0 amide bonds. The van der Waals surface area contributed by atoms with E-state index in [1.807, 2.05) is 0 Å². The van der Waals surface area contributed by atoms with Crippen LogP contribution in [0.3, 0.4) is 0 Å². The summed E-state index contributed by atoms with van der Waals surface area (Å²) in [5.74, 6) is -0.669. The fraction of sp³-hybridized carbons (Fsp3) is 1.00. The van der Waals surface area contributed by atoms with Crippen molar-refractivity contribution >= 4 is 10.1 Å². The highest BCUT2D eigenvalue weighted by Gasteiger charge is 2.29. The molecule has 0 saturated carbocycles. The summed E-state index contributed by atoms with van der Waals surface area (Å²) in [6.45, 7) is 9.62. The average molecular weight is 323 g/mol. The van der Waals surface area contributed by atoms with Crippen molar-refractivity contribution in [1.29, 1.82) is 0 Å². The Morgan fingerprint density at radius 2 is 1.33 bits per heavy atom. The minimum absolute atomic E-state index is 0.376. The Hall–Kier alpha value is -0.170. The number of rotatable bonds is 13. The lowest BCUT2D eigenvalue weighted by molar-refractivity contribution is -0.931. The smallest absolute Gasteiger partial charge is 0.116 e. The molecule has 0 aromatic rings. The summed E-state index contributed by atoms with van der Waals surface area (Å²) in [5, 5.41) is 10.0. The van der Waals surface area contributed by atoms with Crippen molar-refractivity contribution in [2.45, 2.75) is 65.4 Å². The highest BCUT2D eigenvalue weighted by molar-refractivity contribution is 7.85. The van der Waals surface area contributed by atoms with Gasteiger partial charge in [0.15, 0.2) is 0 Å². The van der Waals surface area contributed by atoms with Gasteiger partial charge in [-0.05, 0) is 19.3 Å². The van der Waals surface area contributed by atoms with E-state index < -0.39 is 22.0 Å². The van der Waals surface area contributed by atoms with E-state index in [2.05, 4.69) is 20.8 Å². The third-order valence-corrected chi connectivity index (χ3v) is 4.75. The predicted molar refractivity (Wildman–Crippen MR) is 85.0 cm³/mol. The Morgan fingerprint density at radius 3 is 1.62 bits per heavy atom. The molecule has 0 fully saturated rings. The maximum atomic E-state index is 10.8. The van der Waals surface area contributed by atoms with Crippen LogP contribution in [0.5, 0.6) is 0 Å². The number of aliphatic hydroxyl groups excluding tert-OH is 1. The normalized spacial score (nSPS) is 14.3. The molecule has 128 valence electrons. The summed E-state index contributed by atoms with van der Waals surface area (Å²) >= 11 is 0. The zero-order valence-electron chi connectivity index (χ0n) is 13.9. The molecule has 0 aromatic heterocycles. The molecular formula is C15H33NO4S. The van der Waals surface area contributed by atoms with Crippen LogP contribution in [0.4, 0.5) is 0 Å². The molecule has 0 aliphatic heterocycles. The molecule has 0 radical (unpaired) electrons. The summed E-state index contributed by atoms with van der Waals surface area (Å²) in [5.41, 5.74) is 0. The first kappa shape index (κ1) is 20.8. The van der Waals surface area contributed by atoms with Crippen LogP contribution < -0.4 is 0 Å². The van der Waals surface area contributed by atoms with Gasteiger partial charge >= 0.3 is 0 Å². The molecule has 0 rings (SSSR count). The first-order chi connectivity index (χ1) is 9.78. The molecule has 0 aliphatic rings. The van der Waals surface area contributed by atoms with E-state index in [-0.39, 0.29) is 0 Å². The summed E-state index contributed by atoms with van der Waals surface area (Å²) < 4.78 is 33.3. The van der Waals surface area contributed by atoms with E-state index in [1.165, 1.54) is 0 Å². The highest BCUT2D eigenvalue weighted by Crippen LogP contribution is 2.16. The minimum atomic E-state index is -4.37. The van der Waals surface area contributed by atoms with E-state index in [0.717, 1.165) is 62.6 Å². The Kier molecular flexibility index (Phi) is 10.5. The maximum absolute atomic E-state index is 10.8. The standard InChI is InChI=1S/C15H33NO4S/c1-4-7-10-16(11-8-5-2,12-9-6-3)13-15(17)14-21(18,19)20/h15,17H,4-14H2,1-3H3. The molecule has 0 aromatic carbocycles. The van der Waals surface area contributed by atoms with Crippen LogP contribution in [-0.4, -0.2) is 60.6 Å². The predicted octanol–water partition coefficient (Wildman–Crippen LogP) is 2.11. The summed E-state index contributed by atoms with van der Waals surface area (Å²) in [6, 6.07) is 0. The first-order valence-corrected chi connectivity index (χ1v) is 9.83. The fourth-order valence-corrected chi connectivity index (χ4v) is 3.40. The Bertz CT molecular complexity index is 335. The molecule has 6 heteroatoms. The monoisotopic (exact) mass is 323 g/mol. The van der Waals surface area contributed by atoms with Crippen molar-refractivity contribution in [2.24, 2.45) is 0 Å². The van der Waals surface area contributed by atoms with Gasteiger partial charge in [-0.2, -0.15) is 0 Å². The van der Waals surface area contributed by atoms with Crippen LogP contribution in [0, 0.1) is 0 Å². The fourth-order valence-electron chi connectivity index (χ4n) is 2.83. The van der Waals surface area contributed by atoms with Crippen molar-refractivity contribution in [3.05, 3.63) is 0 Å². The van der Waals surface area contributed by atoms with E-state index in [0.29, 0.717) is 6.54 Å². The van der Waals surface area contributed by atoms with Crippen LogP contribution in [0.1, 0.15) is 59.3 Å². The third-order valence-electron chi connectivity index (χ3n) is 3.95. The van der Waals surface area contributed by atoms with Crippen LogP contribution >= 0.6 is 0 Å². The SMILES string of the molecule is CCCC[N+](CCCC)(CCCC)CC(O)CS(=O)(=O)[O-]. The van der Waals surface area contributed by atoms with E-state index in [4.69, 9.17) is 0 Å². The number of nitrogens with zero attached hydrogens (tertiary/aromatic N) is 1. The Balaban J connectivity index is 4.92. The van der Waals surface area contributed by atoms with Gasteiger partial charge in [-0.3, -0.25) is 0 Å². The number of hydrogen-bond acceptors (Lipinski definition) is 4. The lowest BCUT2D eigenvalue weighted by Crippen LogP contribution is -2.55. The molecule has 1 unspecified atom stereocenters. The van der Waals surface area contributed by atoms with Gasteiger partial charge in [0.2, 0.25) is 0 Å². The largest absolute Gasteiger partial charge is 0.748 e. The number of quaternary nitrogens is 1. The average Bonchev–Trinajstić information content (AvgIpc) is 2.38. The zero-order chi connectivity index (χ0) is 16.4. The molecule has 0 bridgehead atoms. The summed E-state index contributed by atoms with van der Waals surface area (Å²) in [6.07, 6.45) is 5.35. The summed E-state index contributed by atoms with van der Waals surface area (Å²) in [7, 11) is -4.37. The molecule has 1 atom stereocenters. The lowest BCUT2D eigenvalue weighted by Gasteiger charge is -2.40. The zero-order valence-corrected chi connectivity index (χ0v) is 14.7. The minimum Gasteiger partial charge on any atom is -0.748 e. The quantitative estimate of drug-likeness (QED) is 0.416. The van der Waals surface area contributed by atoms with Gasteiger partial charge in [-0.15, -0.1) is 0 Å². The maximum Gasteiger partial charge on any atom is 0.116 e. The van der Waals surface area contributed by atoms with Crippen LogP contribution in [0.15, 0.2) is 0 Å². The van der Waals surface area contributed by atoms with Gasteiger partial charge in [-0.1, -0.05) is 40.0 Å². The van der Waals surface area contributed by atoms with Gasteiger partial charge in [0.05, 0.1) is 35.5 Å². The van der Waals surface area contributed by atoms with Crippen molar-refractivity contribution < 1.29 is 22.6 Å². The summed E-state index contributed by atoms with van der Waals surface area (Å²) in [4.78, 5) is 0. The van der Waals surface area contributed by atoms with Crippen LogP contribution in [0.2, 0.25) is 0 Å². The third kappa shape index (κ3) is 10.2. The molecule has 0 saturated heterocycles. The molecule has 1 N–H and O–H groups in total. The van der Waals surface area contributed by atoms with Crippen molar-refractivity contribution in [3.63, 3.8) is 0 Å². The van der Waals surface area contributed by atoms with Crippen LogP contribution in [0.25, 0.3) is 0 Å². The van der Waals surface area contributed by atoms with Gasteiger partial charge < -0.3 is 14.1 Å². The Morgan fingerprint density at radius 1 is 0.952 bits per heavy atom. The molecule has 0 heterocycles. The molecule has 21 heavy (non-hydrogen) atoms. The second-order valence-electron chi connectivity index (χ2n) is 6.13. The second-order valence-corrected chi connectivity index (χ2v) is 7.58. The molecule has 0 spiro atoms. The molecule has 0 aliphatic carbocycles. The van der Waals surface area contributed by atoms with Gasteiger partial charge in [0.25, 0.3) is 0 Å². The van der Waals surface area contributed by atoms with Gasteiger partial charge in [0.1, 0.15) is 12.6 Å². The van der Waals surface area contributed by atoms with E-state index >= 15 is 0 Å². The number of hydrogen-bond donors (Lipinski definition) is 1. The van der Waals surface area contributed by atoms with Crippen LogP contribution in [-0.2, 0) is 10.1 Å². The second kappa shape index (κ2) is 10.5. The van der Waals surface area contributed by atoms with Crippen molar-refractivity contribution in [3.8, 4) is 0 Å². The number of aliphatic hydroxyl groups is 1. The highest BCUT2D eigenvalue weighted by atomic mass is 32.2. The van der Waals surface area contributed by atoms with Gasteiger partial charge in [-0.25, -0.2) is 8.42 Å². The van der Waals surface area contributed by atoms with Crippen molar-refractivity contribution in [1.82, 2.24) is 0 Å². The van der Waals surface area contributed by atoms with E-state index in [1.54, 1.807) is 0 Å². The Labute approximate surface area is 130 Å². The lowest BCUT2D eigenvalue weighted by atomic mass is 10.1. The topological polar surface area (TPSA) is 77.4 Å². The van der Waals surface area contributed by atoms with E-state index in [9.17, 15) is 18.1 Å². The molecule has 5 nitrogen and oxygen atoms in total. The number of unbranched alkanes of at least 4 members (excludes halogenated alkanes) is 3.